The van der Waals surface area contributed by atoms with E-state index < -0.39 is 41.3 Å². The van der Waals surface area contributed by atoms with Crippen LogP contribution in [0.1, 0.15) is 24.5 Å². The average Bonchev–Trinajstić information content (AvgIpc) is 2.88. The van der Waals surface area contributed by atoms with Gasteiger partial charge >= 0.3 is 6.03 Å². The lowest BCUT2D eigenvalue weighted by atomic mass is 10.0. The van der Waals surface area contributed by atoms with Crippen LogP contribution in [-0.2, 0) is 22.4 Å². The molecule has 0 unspecified atom stereocenters. The van der Waals surface area contributed by atoms with Crippen molar-refractivity contribution >= 4 is 23.4 Å². The molecule has 0 spiro atoms. The van der Waals surface area contributed by atoms with Crippen molar-refractivity contribution in [3.05, 3.63) is 114 Å². The number of rotatable bonds is 11. The van der Waals surface area contributed by atoms with E-state index in [-0.39, 0.29) is 12.2 Å². The summed E-state index contributed by atoms with van der Waals surface area (Å²) in [7, 11) is 0. The molecule has 0 saturated carbocycles. The normalized spacial score (nSPS) is 12.5. The number of carbonyl (C=O) groups excluding carboxylic acids is 3. The van der Waals surface area contributed by atoms with Gasteiger partial charge in [0, 0.05) is 12.5 Å². The molecule has 0 saturated heterocycles. The Kier molecular flexibility index (Phi) is 10.1. The van der Waals surface area contributed by atoms with Crippen molar-refractivity contribution in [2.24, 2.45) is 0 Å². The van der Waals surface area contributed by atoms with Gasteiger partial charge in [0.05, 0.1) is 0 Å². The van der Waals surface area contributed by atoms with E-state index in [9.17, 15) is 23.2 Å². The molecule has 3 aromatic carbocycles. The van der Waals surface area contributed by atoms with E-state index in [1.54, 1.807) is 30.3 Å². The maximum Gasteiger partial charge on any atom is 0.320 e. The van der Waals surface area contributed by atoms with Gasteiger partial charge in [-0.05, 0) is 49.1 Å². The van der Waals surface area contributed by atoms with Crippen LogP contribution in [0.15, 0.2) is 91.0 Å². The Labute approximate surface area is 214 Å². The Morgan fingerprint density at radius 1 is 0.811 bits per heavy atom. The number of benzene rings is 3. The molecule has 0 heterocycles. The predicted octanol–water partition coefficient (Wildman–Crippen LogP) is 4.96. The molecule has 3 rings (SSSR count). The molecule has 37 heavy (non-hydrogen) atoms. The number of urea groups is 1. The SMILES string of the molecule is CC(=O)/C=C/[C@H](CCc1ccccc1)NC(=O)[C@H](Cc1ccccc1)NC(=O)Nc1c(F)cccc1F. The summed E-state index contributed by atoms with van der Waals surface area (Å²) in [5.41, 5.74) is 1.24. The van der Waals surface area contributed by atoms with Gasteiger partial charge in [0.15, 0.2) is 5.78 Å². The lowest BCUT2D eigenvalue weighted by Crippen LogP contribution is -2.51. The minimum atomic E-state index is -1.05. The Balaban J connectivity index is 1.76. The number of aryl methyl sites for hydroxylation is 1. The van der Waals surface area contributed by atoms with Gasteiger partial charge in [-0.1, -0.05) is 72.8 Å². The van der Waals surface area contributed by atoms with Crippen molar-refractivity contribution < 1.29 is 23.2 Å². The summed E-state index contributed by atoms with van der Waals surface area (Å²) in [5, 5.41) is 7.56. The van der Waals surface area contributed by atoms with Crippen LogP contribution in [0, 0.1) is 11.6 Å². The van der Waals surface area contributed by atoms with Crippen LogP contribution in [0.25, 0.3) is 0 Å². The van der Waals surface area contributed by atoms with Crippen molar-refractivity contribution in [2.45, 2.75) is 38.3 Å². The fraction of sp³-hybridized carbons (Fsp3) is 0.207. The lowest BCUT2D eigenvalue weighted by molar-refractivity contribution is -0.123. The molecule has 0 aliphatic heterocycles. The maximum absolute atomic E-state index is 14.0. The van der Waals surface area contributed by atoms with E-state index in [1.165, 1.54) is 19.1 Å². The van der Waals surface area contributed by atoms with Crippen LogP contribution in [-0.4, -0.2) is 29.8 Å². The Bertz CT molecular complexity index is 1210. The summed E-state index contributed by atoms with van der Waals surface area (Å²) < 4.78 is 28.0. The zero-order valence-corrected chi connectivity index (χ0v) is 20.4. The van der Waals surface area contributed by atoms with E-state index >= 15 is 0 Å². The van der Waals surface area contributed by atoms with Crippen LogP contribution < -0.4 is 16.0 Å². The van der Waals surface area contributed by atoms with Gasteiger partial charge < -0.3 is 16.0 Å². The molecule has 3 amide bonds. The fourth-order valence-corrected chi connectivity index (χ4v) is 3.70. The van der Waals surface area contributed by atoms with E-state index in [0.29, 0.717) is 12.8 Å². The van der Waals surface area contributed by atoms with Crippen LogP contribution in [0.3, 0.4) is 0 Å². The number of hydrogen-bond donors (Lipinski definition) is 3. The highest BCUT2D eigenvalue weighted by Gasteiger charge is 2.24. The fourth-order valence-electron chi connectivity index (χ4n) is 3.70. The zero-order valence-electron chi connectivity index (χ0n) is 20.4. The highest BCUT2D eigenvalue weighted by atomic mass is 19.1. The molecule has 0 aliphatic rings. The molecule has 0 radical (unpaired) electrons. The number of hydrogen-bond acceptors (Lipinski definition) is 3. The first-order valence-electron chi connectivity index (χ1n) is 11.9. The summed E-state index contributed by atoms with van der Waals surface area (Å²) in [6.45, 7) is 1.42. The number of allylic oxidation sites excluding steroid dienone is 1. The minimum Gasteiger partial charge on any atom is -0.348 e. The first-order chi connectivity index (χ1) is 17.8. The van der Waals surface area contributed by atoms with Crippen molar-refractivity contribution in [1.82, 2.24) is 10.6 Å². The highest BCUT2D eigenvalue weighted by molar-refractivity contribution is 5.94. The molecular weight excluding hydrogens is 476 g/mol. The minimum absolute atomic E-state index is 0.141. The van der Waals surface area contributed by atoms with Gasteiger partial charge in [0.2, 0.25) is 5.91 Å². The zero-order chi connectivity index (χ0) is 26.6. The van der Waals surface area contributed by atoms with Gasteiger partial charge in [-0.3, -0.25) is 9.59 Å². The molecule has 3 aromatic rings. The first kappa shape index (κ1) is 27.3. The van der Waals surface area contributed by atoms with E-state index in [2.05, 4.69) is 16.0 Å². The largest absolute Gasteiger partial charge is 0.348 e. The quantitative estimate of drug-likeness (QED) is 0.322. The molecule has 0 bridgehead atoms. The smallest absolute Gasteiger partial charge is 0.320 e. The average molecular weight is 506 g/mol. The van der Waals surface area contributed by atoms with E-state index in [0.717, 1.165) is 23.3 Å². The van der Waals surface area contributed by atoms with Crippen molar-refractivity contribution in [3.8, 4) is 0 Å². The first-order valence-corrected chi connectivity index (χ1v) is 11.9. The summed E-state index contributed by atoms with van der Waals surface area (Å²) in [6.07, 6.45) is 4.32. The van der Waals surface area contributed by atoms with Gasteiger partial charge in [0.25, 0.3) is 0 Å². The van der Waals surface area contributed by atoms with Gasteiger partial charge in [-0.25, -0.2) is 13.6 Å². The van der Waals surface area contributed by atoms with Crippen LogP contribution in [0.5, 0.6) is 0 Å². The molecule has 6 nitrogen and oxygen atoms in total. The summed E-state index contributed by atoms with van der Waals surface area (Å²) >= 11 is 0. The Morgan fingerprint density at radius 2 is 1.41 bits per heavy atom. The monoisotopic (exact) mass is 505 g/mol. The number of nitrogens with one attached hydrogen (secondary N) is 3. The molecule has 2 atom stereocenters. The molecular formula is C29H29F2N3O3. The standard InChI is InChI=1S/C29H29F2N3O3/c1-20(35)15-17-23(18-16-21-9-4-2-5-10-21)32-28(36)26(19-22-11-6-3-7-12-22)33-29(37)34-27-24(30)13-8-14-25(27)31/h2-15,17,23,26H,16,18-19H2,1H3,(H,32,36)(H2,33,34,37)/b17-15+/t23-,26+/m1/s1. The van der Waals surface area contributed by atoms with Crippen molar-refractivity contribution in [3.63, 3.8) is 0 Å². The van der Waals surface area contributed by atoms with Gasteiger partial charge in [0.1, 0.15) is 23.4 Å². The summed E-state index contributed by atoms with van der Waals surface area (Å²) in [4.78, 5) is 37.5. The summed E-state index contributed by atoms with van der Waals surface area (Å²) in [5.74, 6) is -2.53. The Hall–Kier alpha value is -4.33. The molecule has 8 heteroatoms. The number of amides is 3. The number of para-hydroxylation sites is 1. The second-order valence-electron chi connectivity index (χ2n) is 8.55. The third-order valence-electron chi connectivity index (χ3n) is 5.58. The van der Waals surface area contributed by atoms with E-state index in [4.69, 9.17) is 0 Å². The second kappa shape index (κ2) is 13.7. The Morgan fingerprint density at radius 3 is 2.00 bits per heavy atom. The molecule has 192 valence electrons. The molecule has 3 N–H and O–H groups in total. The molecule has 0 fully saturated rings. The lowest BCUT2D eigenvalue weighted by Gasteiger charge is -2.22. The molecule has 0 aliphatic carbocycles. The van der Waals surface area contributed by atoms with Crippen LogP contribution in [0.2, 0.25) is 0 Å². The predicted molar refractivity (Wildman–Crippen MR) is 139 cm³/mol. The number of carbonyl (C=O) groups is 3. The van der Waals surface area contributed by atoms with Crippen molar-refractivity contribution in [2.75, 3.05) is 5.32 Å². The number of halogens is 2. The van der Waals surface area contributed by atoms with Crippen LogP contribution >= 0.6 is 0 Å². The van der Waals surface area contributed by atoms with Gasteiger partial charge in [-0.15, -0.1) is 0 Å². The number of anilines is 1. The maximum atomic E-state index is 14.0. The van der Waals surface area contributed by atoms with E-state index in [1.807, 2.05) is 36.4 Å². The topological polar surface area (TPSA) is 87.3 Å². The second-order valence-corrected chi connectivity index (χ2v) is 8.55. The summed E-state index contributed by atoms with van der Waals surface area (Å²) in [6, 6.07) is 19.5. The molecule has 0 aromatic heterocycles. The third kappa shape index (κ3) is 9.00. The third-order valence-corrected chi connectivity index (χ3v) is 5.58. The highest BCUT2D eigenvalue weighted by Crippen LogP contribution is 2.18. The van der Waals surface area contributed by atoms with Crippen molar-refractivity contribution in [1.29, 1.82) is 0 Å². The van der Waals surface area contributed by atoms with Crippen LogP contribution in [0.4, 0.5) is 19.3 Å². The van der Waals surface area contributed by atoms with Gasteiger partial charge in [-0.2, -0.15) is 0 Å². The number of ketones is 1.